The summed E-state index contributed by atoms with van der Waals surface area (Å²) in [6.07, 6.45) is 5.06. The van der Waals surface area contributed by atoms with E-state index in [9.17, 15) is 5.11 Å². The van der Waals surface area contributed by atoms with Crippen LogP contribution >= 0.6 is 11.6 Å². The van der Waals surface area contributed by atoms with Crippen LogP contribution in [0, 0.1) is 0 Å². The lowest BCUT2D eigenvalue weighted by molar-refractivity contribution is 0.125. The van der Waals surface area contributed by atoms with Gasteiger partial charge in [-0.3, -0.25) is 4.68 Å². The molecule has 0 aromatic carbocycles. The van der Waals surface area contributed by atoms with E-state index in [0.29, 0.717) is 11.6 Å². The molecule has 1 heterocycles. The highest BCUT2D eigenvalue weighted by Crippen LogP contribution is 2.36. The molecule has 0 unspecified atom stereocenters. The van der Waals surface area contributed by atoms with Gasteiger partial charge in [-0.15, -0.1) is 0 Å². The summed E-state index contributed by atoms with van der Waals surface area (Å²) in [7, 11) is 0. The minimum Gasteiger partial charge on any atom is -0.388 e. The van der Waals surface area contributed by atoms with Crippen LogP contribution in [0.5, 0.6) is 0 Å². The Kier molecular flexibility index (Phi) is 1.44. The van der Waals surface area contributed by atoms with E-state index in [2.05, 4.69) is 5.10 Å². The van der Waals surface area contributed by atoms with Crippen molar-refractivity contribution in [3.63, 3.8) is 0 Å². The SMILES string of the molecule is OC1(Cn2cc(Cl)cn2)CC1. The molecule has 0 bridgehead atoms. The van der Waals surface area contributed by atoms with Gasteiger partial charge in [-0.05, 0) is 12.8 Å². The second-order valence-corrected chi connectivity index (χ2v) is 3.52. The van der Waals surface area contributed by atoms with Crippen LogP contribution in [-0.2, 0) is 6.54 Å². The van der Waals surface area contributed by atoms with Crippen molar-refractivity contribution in [1.29, 1.82) is 0 Å². The summed E-state index contributed by atoms with van der Waals surface area (Å²) in [6.45, 7) is 0.569. The van der Waals surface area contributed by atoms with Gasteiger partial charge in [-0.25, -0.2) is 0 Å². The van der Waals surface area contributed by atoms with Crippen LogP contribution in [0.1, 0.15) is 12.8 Å². The van der Waals surface area contributed by atoms with E-state index in [0.717, 1.165) is 12.8 Å². The van der Waals surface area contributed by atoms with Crippen molar-refractivity contribution in [3.05, 3.63) is 17.4 Å². The van der Waals surface area contributed by atoms with Crippen molar-refractivity contribution in [2.24, 2.45) is 0 Å². The molecule has 0 amide bonds. The van der Waals surface area contributed by atoms with E-state index < -0.39 is 5.60 Å². The van der Waals surface area contributed by atoms with Crippen LogP contribution in [0.15, 0.2) is 12.4 Å². The molecule has 0 aliphatic heterocycles. The molecule has 0 spiro atoms. The number of aromatic nitrogens is 2. The molecule has 1 aromatic heterocycles. The fourth-order valence-electron chi connectivity index (χ4n) is 1.03. The molecular formula is C7H9ClN2O. The first-order valence-electron chi connectivity index (χ1n) is 3.58. The Balaban J connectivity index is 2.06. The molecule has 0 atom stereocenters. The first-order chi connectivity index (χ1) is 5.18. The van der Waals surface area contributed by atoms with Crippen LogP contribution in [0.2, 0.25) is 5.02 Å². The third kappa shape index (κ3) is 1.54. The first kappa shape index (κ1) is 7.13. The summed E-state index contributed by atoms with van der Waals surface area (Å²) in [6, 6.07) is 0. The fraction of sp³-hybridized carbons (Fsp3) is 0.571. The molecule has 1 fully saturated rings. The standard InChI is InChI=1S/C7H9ClN2O/c8-6-3-9-10(4-6)5-7(11)1-2-7/h3-4,11H,1-2,5H2. The Morgan fingerprint density at radius 2 is 2.45 bits per heavy atom. The molecule has 0 radical (unpaired) electrons. The molecule has 4 heteroatoms. The zero-order chi connectivity index (χ0) is 7.90. The average molecular weight is 173 g/mol. The van der Waals surface area contributed by atoms with Gasteiger partial charge in [0.15, 0.2) is 0 Å². The second-order valence-electron chi connectivity index (χ2n) is 3.08. The normalized spacial score (nSPS) is 20.2. The number of nitrogens with zero attached hydrogens (tertiary/aromatic N) is 2. The summed E-state index contributed by atoms with van der Waals surface area (Å²) < 4.78 is 1.68. The number of halogens is 1. The van der Waals surface area contributed by atoms with Gasteiger partial charge in [0.1, 0.15) is 0 Å². The van der Waals surface area contributed by atoms with Crippen LogP contribution in [0.25, 0.3) is 0 Å². The van der Waals surface area contributed by atoms with Crippen molar-refractivity contribution >= 4 is 11.6 Å². The van der Waals surface area contributed by atoms with Crippen molar-refractivity contribution < 1.29 is 5.11 Å². The molecule has 60 valence electrons. The van der Waals surface area contributed by atoms with Crippen molar-refractivity contribution in [1.82, 2.24) is 9.78 Å². The molecule has 3 nitrogen and oxygen atoms in total. The number of hydrogen-bond acceptors (Lipinski definition) is 2. The van der Waals surface area contributed by atoms with E-state index in [1.54, 1.807) is 17.1 Å². The van der Waals surface area contributed by atoms with Gasteiger partial charge in [0.2, 0.25) is 0 Å². The predicted octanol–water partition coefficient (Wildman–Crippen LogP) is 1.06. The Bertz CT molecular complexity index is 267. The second kappa shape index (κ2) is 2.22. The molecule has 1 aliphatic carbocycles. The van der Waals surface area contributed by atoms with Gasteiger partial charge in [-0.2, -0.15) is 5.10 Å². The van der Waals surface area contributed by atoms with Crippen molar-refractivity contribution in [2.75, 3.05) is 0 Å². The van der Waals surface area contributed by atoms with E-state index in [-0.39, 0.29) is 0 Å². The molecule has 11 heavy (non-hydrogen) atoms. The third-order valence-corrected chi connectivity index (χ3v) is 2.08. The predicted molar refractivity (Wildman–Crippen MR) is 41.4 cm³/mol. The topological polar surface area (TPSA) is 38.0 Å². The summed E-state index contributed by atoms with van der Waals surface area (Å²) in [5.74, 6) is 0. The summed E-state index contributed by atoms with van der Waals surface area (Å²) in [4.78, 5) is 0. The lowest BCUT2D eigenvalue weighted by atomic mass is 10.3. The smallest absolute Gasteiger partial charge is 0.0844 e. The fourth-order valence-corrected chi connectivity index (χ4v) is 1.19. The van der Waals surface area contributed by atoms with E-state index in [1.807, 2.05) is 0 Å². The maximum Gasteiger partial charge on any atom is 0.0844 e. The number of rotatable bonds is 2. The Morgan fingerprint density at radius 3 is 2.91 bits per heavy atom. The number of hydrogen-bond donors (Lipinski definition) is 1. The minimum atomic E-state index is -0.491. The van der Waals surface area contributed by atoms with Crippen molar-refractivity contribution in [2.45, 2.75) is 25.0 Å². The molecular weight excluding hydrogens is 164 g/mol. The van der Waals surface area contributed by atoms with Crippen LogP contribution < -0.4 is 0 Å². The molecule has 1 saturated carbocycles. The zero-order valence-corrected chi connectivity index (χ0v) is 6.75. The molecule has 1 N–H and O–H groups in total. The monoisotopic (exact) mass is 172 g/mol. The highest BCUT2D eigenvalue weighted by atomic mass is 35.5. The van der Waals surface area contributed by atoms with Gasteiger partial charge in [0.25, 0.3) is 0 Å². The van der Waals surface area contributed by atoms with Crippen LogP contribution in [0.3, 0.4) is 0 Å². The molecule has 1 aromatic rings. The lowest BCUT2D eigenvalue weighted by Crippen LogP contribution is -2.16. The van der Waals surface area contributed by atoms with Gasteiger partial charge in [0, 0.05) is 6.20 Å². The maximum atomic E-state index is 9.49. The van der Waals surface area contributed by atoms with Gasteiger partial charge in [-0.1, -0.05) is 11.6 Å². The molecule has 2 rings (SSSR count). The first-order valence-corrected chi connectivity index (χ1v) is 3.96. The summed E-state index contributed by atoms with van der Waals surface area (Å²) in [5.41, 5.74) is -0.491. The minimum absolute atomic E-state index is 0.491. The van der Waals surface area contributed by atoms with E-state index in [4.69, 9.17) is 11.6 Å². The van der Waals surface area contributed by atoms with E-state index >= 15 is 0 Å². The zero-order valence-electron chi connectivity index (χ0n) is 6.00. The van der Waals surface area contributed by atoms with Crippen molar-refractivity contribution in [3.8, 4) is 0 Å². The lowest BCUT2D eigenvalue weighted by Gasteiger charge is -2.05. The van der Waals surface area contributed by atoms with Gasteiger partial charge in [0.05, 0.1) is 23.4 Å². The largest absolute Gasteiger partial charge is 0.388 e. The Morgan fingerprint density at radius 1 is 1.73 bits per heavy atom. The van der Waals surface area contributed by atoms with Crippen LogP contribution in [0.4, 0.5) is 0 Å². The molecule has 1 aliphatic rings. The highest BCUT2D eigenvalue weighted by Gasteiger charge is 2.40. The Hall–Kier alpha value is -0.540. The van der Waals surface area contributed by atoms with E-state index in [1.165, 1.54) is 0 Å². The summed E-state index contributed by atoms with van der Waals surface area (Å²) in [5, 5.41) is 14.1. The van der Waals surface area contributed by atoms with Gasteiger partial charge >= 0.3 is 0 Å². The van der Waals surface area contributed by atoms with Gasteiger partial charge < -0.3 is 5.11 Å². The molecule has 0 saturated heterocycles. The Labute approximate surface area is 69.6 Å². The highest BCUT2D eigenvalue weighted by molar-refractivity contribution is 6.30. The maximum absolute atomic E-state index is 9.49. The average Bonchev–Trinajstić information content (AvgIpc) is 2.49. The summed E-state index contributed by atoms with van der Waals surface area (Å²) >= 11 is 5.64. The van der Waals surface area contributed by atoms with Crippen LogP contribution in [-0.4, -0.2) is 20.5 Å². The quantitative estimate of drug-likeness (QED) is 0.725. The number of aliphatic hydroxyl groups is 1. The third-order valence-electron chi connectivity index (χ3n) is 1.89.